The molecule has 42 heavy (non-hydrogen) atoms. The minimum absolute atomic E-state index is 0.00581. The van der Waals surface area contributed by atoms with Gasteiger partial charge in [-0.05, 0) is 54.7 Å². The van der Waals surface area contributed by atoms with Crippen LogP contribution in [0.4, 0.5) is 0 Å². The van der Waals surface area contributed by atoms with E-state index in [0.29, 0.717) is 36.5 Å². The van der Waals surface area contributed by atoms with Crippen LogP contribution in [-0.4, -0.2) is 30.5 Å². The molecule has 0 aromatic heterocycles. The number of rotatable bonds is 20. The molecule has 0 radical (unpaired) electrons. The molecule has 9 heteroatoms. The predicted molar refractivity (Wildman–Crippen MR) is 164 cm³/mol. The maximum atomic E-state index is 13.6. The molecule has 8 nitrogen and oxygen atoms in total. The highest BCUT2D eigenvalue weighted by Gasteiger charge is 2.34. The number of benzene rings is 3. The summed E-state index contributed by atoms with van der Waals surface area (Å²) < 4.78 is 36.5. The number of hydrogen-bond donors (Lipinski definition) is 2. The minimum Gasteiger partial charge on any atom is -0.492 e. The quantitative estimate of drug-likeness (QED) is 0.103. The molecule has 226 valence electrons. The van der Waals surface area contributed by atoms with Gasteiger partial charge in [0.1, 0.15) is 17.6 Å². The van der Waals surface area contributed by atoms with Crippen molar-refractivity contribution >= 4 is 7.82 Å². The first-order valence-electron chi connectivity index (χ1n) is 14.6. The maximum absolute atomic E-state index is 13.6. The first-order valence-corrected chi connectivity index (χ1v) is 16.1. The molecule has 0 spiro atoms. The lowest BCUT2D eigenvalue weighted by Gasteiger charge is -2.29. The Balaban J connectivity index is 1.58. The fourth-order valence-electron chi connectivity index (χ4n) is 4.24. The fraction of sp³-hybridized carbons (Fsp3) is 0.424. The summed E-state index contributed by atoms with van der Waals surface area (Å²) in [5.41, 5.74) is 7.37. The third kappa shape index (κ3) is 11.6. The normalized spacial score (nSPS) is 14.0. The number of phosphoric acid groups is 1. The lowest BCUT2D eigenvalue weighted by molar-refractivity contribution is 0.0879. The van der Waals surface area contributed by atoms with E-state index in [4.69, 9.17) is 24.0 Å². The Morgan fingerprint density at radius 2 is 1.60 bits per heavy atom. The standard InChI is InChI=1S/C33H43N2O6P/c1-2-3-4-5-6-13-22-38-32-19-18-28(23-30(32)24-34)20-21-33(35,26-36)27-40-42(37,41-31-16-11-8-12-17-31)39-25-29-14-9-7-10-15-29/h7-12,14-19,23,36H,2-6,13,20-22,25-27,35H2,1H3. The lowest BCUT2D eigenvalue weighted by atomic mass is 9.93. The van der Waals surface area contributed by atoms with E-state index in [9.17, 15) is 14.9 Å². The van der Waals surface area contributed by atoms with Gasteiger partial charge in [-0.3, -0.25) is 9.05 Å². The Kier molecular flexibility index (Phi) is 14.0. The van der Waals surface area contributed by atoms with Gasteiger partial charge in [0.05, 0.1) is 37.5 Å². The molecule has 0 aliphatic rings. The summed E-state index contributed by atoms with van der Waals surface area (Å²) in [6.45, 7) is 2.09. The number of unbranched alkanes of at least 4 members (excludes halogenated alkanes) is 5. The van der Waals surface area contributed by atoms with Gasteiger partial charge in [-0.1, -0.05) is 93.6 Å². The van der Waals surface area contributed by atoms with Crippen LogP contribution < -0.4 is 15.0 Å². The highest BCUT2D eigenvalue weighted by Crippen LogP contribution is 2.50. The van der Waals surface area contributed by atoms with Crippen molar-refractivity contribution in [3.8, 4) is 17.6 Å². The number of nitrogens with two attached hydrogens (primary N) is 1. The van der Waals surface area contributed by atoms with Crippen LogP contribution >= 0.6 is 7.82 Å². The molecule has 0 saturated carbocycles. The number of aliphatic hydroxyl groups excluding tert-OH is 1. The van der Waals surface area contributed by atoms with Gasteiger partial charge < -0.3 is 20.1 Å². The zero-order valence-electron chi connectivity index (χ0n) is 24.5. The van der Waals surface area contributed by atoms with Crippen LogP contribution in [0, 0.1) is 11.3 Å². The van der Waals surface area contributed by atoms with Crippen molar-refractivity contribution in [2.75, 3.05) is 19.8 Å². The molecule has 3 aromatic rings. The Labute approximate surface area is 250 Å². The van der Waals surface area contributed by atoms with Crippen molar-refractivity contribution in [1.29, 1.82) is 5.26 Å². The SMILES string of the molecule is CCCCCCCCOc1ccc(CCC(N)(CO)COP(=O)(OCc2ccccc2)Oc2ccccc2)cc1C#N. The van der Waals surface area contributed by atoms with Gasteiger partial charge in [-0.25, -0.2) is 4.57 Å². The summed E-state index contributed by atoms with van der Waals surface area (Å²) in [7, 11) is -4.10. The second-order valence-corrected chi connectivity index (χ2v) is 12.1. The number of phosphoric ester groups is 1. The molecule has 2 unspecified atom stereocenters. The van der Waals surface area contributed by atoms with Gasteiger partial charge >= 0.3 is 7.82 Å². The fourth-order valence-corrected chi connectivity index (χ4v) is 5.52. The Hall–Kier alpha value is -3.18. The molecule has 0 saturated heterocycles. The number of aliphatic hydroxyl groups is 1. The van der Waals surface area contributed by atoms with Crippen LogP contribution in [0.2, 0.25) is 0 Å². The first kappa shape index (κ1) is 33.3. The van der Waals surface area contributed by atoms with E-state index in [1.165, 1.54) is 25.7 Å². The smallest absolute Gasteiger partial charge is 0.492 e. The number of para-hydroxylation sites is 1. The molecule has 0 fully saturated rings. The van der Waals surface area contributed by atoms with Crippen LogP contribution in [0.15, 0.2) is 78.9 Å². The topological polar surface area (TPSA) is 124 Å². The molecule has 3 rings (SSSR count). The van der Waals surface area contributed by atoms with E-state index in [1.807, 2.05) is 42.5 Å². The van der Waals surface area contributed by atoms with Crippen molar-refractivity contribution in [2.45, 2.75) is 70.4 Å². The van der Waals surface area contributed by atoms with Crippen LogP contribution in [0.3, 0.4) is 0 Å². The van der Waals surface area contributed by atoms with Crippen LogP contribution in [0.25, 0.3) is 0 Å². The van der Waals surface area contributed by atoms with E-state index >= 15 is 0 Å². The monoisotopic (exact) mass is 594 g/mol. The number of hydrogen-bond acceptors (Lipinski definition) is 8. The lowest BCUT2D eigenvalue weighted by Crippen LogP contribution is -2.48. The molecule has 0 aliphatic heterocycles. The molecule has 0 bridgehead atoms. The van der Waals surface area contributed by atoms with Crippen LogP contribution in [0.5, 0.6) is 11.5 Å². The Morgan fingerprint density at radius 1 is 0.905 bits per heavy atom. The number of nitriles is 1. The molecule has 3 N–H and O–H groups in total. The van der Waals surface area contributed by atoms with Gasteiger partial charge in [-0.2, -0.15) is 5.26 Å². The second kappa shape index (κ2) is 17.7. The number of nitrogens with zero attached hydrogens (tertiary/aromatic N) is 1. The molecule has 2 atom stereocenters. The summed E-state index contributed by atoms with van der Waals surface area (Å²) in [4.78, 5) is 0. The predicted octanol–water partition coefficient (Wildman–Crippen LogP) is 7.34. The van der Waals surface area contributed by atoms with Crippen LogP contribution in [0.1, 0.15) is 68.6 Å². The molecule has 0 aliphatic carbocycles. The van der Waals surface area contributed by atoms with Gasteiger partial charge in [0.25, 0.3) is 0 Å². The summed E-state index contributed by atoms with van der Waals surface area (Å²) in [6.07, 6.45) is 7.75. The van der Waals surface area contributed by atoms with Gasteiger partial charge in [0.15, 0.2) is 0 Å². The van der Waals surface area contributed by atoms with E-state index in [2.05, 4.69) is 13.0 Å². The molecular formula is C33H43N2O6P. The summed E-state index contributed by atoms with van der Waals surface area (Å²) >= 11 is 0. The van der Waals surface area contributed by atoms with Gasteiger partial charge in [-0.15, -0.1) is 0 Å². The maximum Gasteiger partial charge on any atom is 0.530 e. The highest BCUT2D eigenvalue weighted by atomic mass is 31.2. The largest absolute Gasteiger partial charge is 0.530 e. The van der Waals surface area contributed by atoms with Crippen molar-refractivity contribution < 1.29 is 28.0 Å². The summed E-state index contributed by atoms with van der Waals surface area (Å²) in [6, 6.07) is 25.6. The average Bonchev–Trinajstić information content (AvgIpc) is 3.03. The number of aryl methyl sites for hydroxylation is 1. The summed E-state index contributed by atoms with van der Waals surface area (Å²) in [5.74, 6) is 0.886. The Bertz CT molecular complexity index is 1280. The van der Waals surface area contributed by atoms with Crippen molar-refractivity contribution in [1.82, 2.24) is 0 Å². The van der Waals surface area contributed by atoms with Gasteiger partial charge in [0, 0.05) is 0 Å². The zero-order chi connectivity index (χ0) is 30.1. The van der Waals surface area contributed by atoms with Crippen molar-refractivity contribution in [3.63, 3.8) is 0 Å². The average molecular weight is 595 g/mol. The van der Waals surface area contributed by atoms with Crippen molar-refractivity contribution in [2.24, 2.45) is 5.73 Å². The van der Waals surface area contributed by atoms with E-state index in [-0.39, 0.29) is 13.2 Å². The molecular weight excluding hydrogens is 551 g/mol. The third-order valence-electron chi connectivity index (χ3n) is 6.85. The zero-order valence-corrected chi connectivity index (χ0v) is 25.3. The first-order chi connectivity index (χ1) is 20.4. The van der Waals surface area contributed by atoms with Gasteiger partial charge in [0.2, 0.25) is 0 Å². The van der Waals surface area contributed by atoms with E-state index in [0.717, 1.165) is 24.0 Å². The van der Waals surface area contributed by atoms with Crippen molar-refractivity contribution in [3.05, 3.63) is 95.6 Å². The third-order valence-corrected chi connectivity index (χ3v) is 8.17. The minimum atomic E-state index is -4.10. The molecule has 0 heterocycles. The number of ether oxygens (including phenoxy) is 1. The van der Waals surface area contributed by atoms with E-state index < -0.39 is 20.0 Å². The Morgan fingerprint density at radius 3 is 2.29 bits per heavy atom. The molecule has 0 amide bonds. The second-order valence-electron chi connectivity index (χ2n) is 10.5. The molecule has 3 aromatic carbocycles. The summed E-state index contributed by atoms with van der Waals surface area (Å²) in [5, 5.41) is 19.8. The van der Waals surface area contributed by atoms with Crippen LogP contribution in [-0.2, 0) is 26.6 Å². The highest BCUT2D eigenvalue weighted by molar-refractivity contribution is 7.48. The van der Waals surface area contributed by atoms with E-state index in [1.54, 1.807) is 36.4 Å².